The number of carbonyl (C=O) groups excluding carboxylic acids is 1. The van der Waals surface area contributed by atoms with Gasteiger partial charge in [0.1, 0.15) is 16.4 Å². The Morgan fingerprint density at radius 3 is 2.76 bits per heavy atom. The highest BCUT2D eigenvalue weighted by molar-refractivity contribution is 8.13. The second-order valence-corrected chi connectivity index (χ2v) is 6.67. The van der Waals surface area contributed by atoms with Gasteiger partial charge in [-0.05, 0) is 32.4 Å². The molecule has 116 valence electrons. The molecule has 0 spiro atoms. The number of nitrogens with zero attached hydrogens (tertiary/aromatic N) is 2. The SMILES string of the molecule is CCOC(=O)/C(=C\CC(C)C)N=C(SC)c1ncsc1C. The summed E-state index contributed by atoms with van der Waals surface area (Å²) >= 11 is 3.06. The summed E-state index contributed by atoms with van der Waals surface area (Å²) in [6, 6.07) is 0. The Morgan fingerprint density at radius 2 is 2.29 bits per heavy atom. The summed E-state index contributed by atoms with van der Waals surface area (Å²) < 4.78 is 5.09. The summed E-state index contributed by atoms with van der Waals surface area (Å²) in [7, 11) is 0. The largest absolute Gasteiger partial charge is 0.461 e. The number of aliphatic imine (C=N–C) groups is 1. The minimum absolute atomic E-state index is 0.345. The van der Waals surface area contributed by atoms with Crippen molar-refractivity contribution in [2.24, 2.45) is 10.9 Å². The van der Waals surface area contributed by atoms with E-state index in [4.69, 9.17) is 4.74 Å². The van der Waals surface area contributed by atoms with E-state index in [1.54, 1.807) is 23.8 Å². The molecule has 0 aromatic carbocycles. The molecule has 0 fully saturated rings. The maximum Gasteiger partial charge on any atom is 0.356 e. The van der Waals surface area contributed by atoms with Crippen molar-refractivity contribution in [1.82, 2.24) is 4.98 Å². The third-order valence-electron chi connectivity index (χ3n) is 2.63. The highest BCUT2D eigenvalue weighted by atomic mass is 32.2. The van der Waals surface area contributed by atoms with Gasteiger partial charge in [-0.1, -0.05) is 19.9 Å². The molecule has 0 radical (unpaired) electrons. The summed E-state index contributed by atoms with van der Waals surface area (Å²) in [6.45, 7) is 8.34. The standard InChI is InChI=1S/C15H22N2O2S2/c1-6-19-15(18)12(8-7-10(2)3)17-14(20-5)13-11(4)21-9-16-13/h8-10H,6-7H2,1-5H3/b12-8+,17-14?. The van der Waals surface area contributed by atoms with Crippen molar-refractivity contribution in [3.05, 3.63) is 27.9 Å². The van der Waals surface area contributed by atoms with Crippen molar-refractivity contribution in [3.8, 4) is 0 Å². The van der Waals surface area contributed by atoms with Crippen LogP contribution in [-0.4, -0.2) is 28.9 Å². The minimum atomic E-state index is -0.377. The Morgan fingerprint density at radius 1 is 1.57 bits per heavy atom. The molecule has 0 saturated heterocycles. The van der Waals surface area contributed by atoms with Crippen LogP contribution in [-0.2, 0) is 9.53 Å². The normalized spacial score (nSPS) is 12.9. The Bertz CT molecular complexity index is 534. The summed E-state index contributed by atoms with van der Waals surface area (Å²) in [6.07, 6.45) is 4.57. The number of aryl methyl sites for hydroxylation is 1. The average Bonchev–Trinajstić information content (AvgIpc) is 2.85. The molecule has 0 aliphatic carbocycles. The Balaban J connectivity index is 3.12. The van der Waals surface area contributed by atoms with Gasteiger partial charge in [0.2, 0.25) is 0 Å². The topological polar surface area (TPSA) is 51.5 Å². The van der Waals surface area contributed by atoms with Gasteiger partial charge in [0.25, 0.3) is 0 Å². The first kappa shape index (κ1) is 17.9. The van der Waals surface area contributed by atoms with E-state index in [0.29, 0.717) is 18.2 Å². The lowest BCUT2D eigenvalue weighted by molar-refractivity contribution is -0.138. The van der Waals surface area contributed by atoms with Crippen LogP contribution in [0.3, 0.4) is 0 Å². The number of thiazole rings is 1. The lowest BCUT2D eigenvalue weighted by Gasteiger charge is -2.07. The first-order chi connectivity index (χ1) is 9.99. The molecule has 0 amide bonds. The first-order valence-electron chi connectivity index (χ1n) is 6.90. The third kappa shape index (κ3) is 5.63. The van der Waals surface area contributed by atoms with Crippen molar-refractivity contribution >= 4 is 34.1 Å². The molecule has 1 aromatic heterocycles. The average molecular weight is 326 g/mol. The molecule has 0 unspecified atom stereocenters. The molecule has 0 N–H and O–H groups in total. The molecule has 0 aliphatic rings. The molecule has 6 heteroatoms. The molecule has 1 heterocycles. The molecule has 1 aromatic rings. The fraction of sp³-hybridized carbons (Fsp3) is 0.533. The Hall–Kier alpha value is -1.14. The van der Waals surface area contributed by atoms with Crippen LogP contribution in [0.15, 0.2) is 22.3 Å². The number of hydrogen-bond acceptors (Lipinski definition) is 6. The maximum atomic E-state index is 12.0. The lowest BCUT2D eigenvalue weighted by atomic mass is 10.1. The smallest absolute Gasteiger partial charge is 0.356 e. The van der Waals surface area contributed by atoms with Crippen LogP contribution in [0, 0.1) is 12.8 Å². The van der Waals surface area contributed by atoms with Crippen LogP contribution in [0.4, 0.5) is 0 Å². The molecule has 0 aliphatic heterocycles. The van der Waals surface area contributed by atoms with Gasteiger partial charge in [-0.2, -0.15) is 0 Å². The number of rotatable bonds is 6. The highest BCUT2D eigenvalue weighted by Crippen LogP contribution is 2.20. The summed E-state index contributed by atoms with van der Waals surface area (Å²) in [5, 5.41) is 0.747. The zero-order valence-electron chi connectivity index (χ0n) is 13.2. The predicted octanol–water partition coefficient (Wildman–Crippen LogP) is 4.05. The van der Waals surface area contributed by atoms with E-state index in [1.807, 2.05) is 19.3 Å². The van der Waals surface area contributed by atoms with Crippen molar-refractivity contribution in [3.63, 3.8) is 0 Å². The van der Waals surface area contributed by atoms with Gasteiger partial charge in [-0.25, -0.2) is 14.8 Å². The van der Waals surface area contributed by atoms with Gasteiger partial charge in [0, 0.05) is 4.88 Å². The highest BCUT2D eigenvalue weighted by Gasteiger charge is 2.15. The molecule has 0 atom stereocenters. The predicted molar refractivity (Wildman–Crippen MR) is 91.1 cm³/mol. The molecule has 21 heavy (non-hydrogen) atoms. The number of allylic oxidation sites excluding steroid dienone is 1. The van der Waals surface area contributed by atoms with Gasteiger partial charge >= 0.3 is 5.97 Å². The number of ether oxygens (including phenoxy) is 1. The second kappa shape index (κ2) is 9.00. The van der Waals surface area contributed by atoms with E-state index in [1.165, 1.54) is 11.8 Å². The minimum Gasteiger partial charge on any atom is -0.461 e. The van der Waals surface area contributed by atoms with Crippen LogP contribution in [0.2, 0.25) is 0 Å². The summed E-state index contributed by atoms with van der Waals surface area (Å²) in [5.41, 5.74) is 2.99. The van der Waals surface area contributed by atoms with Gasteiger partial charge in [0.05, 0.1) is 12.1 Å². The quantitative estimate of drug-likeness (QED) is 0.342. The van der Waals surface area contributed by atoms with Crippen molar-refractivity contribution in [1.29, 1.82) is 0 Å². The van der Waals surface area contributed by atoms with E-state index in [0.717, 1.165) is 22.0 Å². The molecule has 0 bridgehead atoms. The number of thioether (sulfide) groups is 1. The van der Waals surface area contributed by atoms with E-state index < -0.39 is 0 Å². The van der Waals surface area contributed by atoms with E-state index in [2.05, 4.69) is 23.8 Å². The van der Waals surface area contributed by atoms with Gasteiger partial charge in [-0.3, -0.25) is 0 Å². The Labute approximate surface area is 134 Å². The van der Waals surface area contributed by atoms with E-state index in [-0.39, 0.29) is 5.97 Å². The zero-order chi connectivity index (χ0) is 15.8. The lowest BCUT2D eigenvalue weighted by Crippen LogP contribution is -2.09. The van der Waals surface area contributed by atoms with Crippen LogP contribution >= 0.6 is 23.1 Å². The van der Waals surface area contributed by atoms with Crippen LogP contribution in [0.1, 0.15) is 37.8 Å². The van der Waals surface area contributed by atoms with Crippen molar-refractivity contribution in [2.45, 2.75) is 34.1 Å². The van der Waals surface area contributed by atoms with Gasteiger partial charge < -0.3 is 4.74 Å². The van der Waals surface area contributed by atoms with Crippen molar-refractivity contribution < 1.29 is 9.53 Å². The monoisotopic (exact) mass is 326 g/mol. The Kier molecular flexibility index (Phi) is 7.67. The van der Waals surface area contributed by atoms with Crippen LogP contribution in [0.25, 0.3) is 0 Å². The van der Waals surface area contributed by atoms with Gasteiger partial charge in [-0.15, -0.1) is 23.1 Å². The molecule has 0 saturated carbocycles. The fourth-order valence-electron chi connectivity index (χ4n) is 1.54. The summed E-state index contributed by atoms with van der Waals surface area (Å²) in [5.74, 6) is 0.0842. The third-order valence-corrected chi connectivity index (χ3v) is 4.06. The van der Waals surface area contributed by atoms with Gasteiger partial charge in [0.15, 0.2) is 0 Å². The zero-order valence-corrected chi connectivity index (χ0v) is 14.8. The van der Waals surface area contributed by atoms with E-state index in [9.17, 15) is 4.79 Å². The van der Waals surface area contributed by atoms with Crippen LogP contribution < -0.4 is 0 Å². The number of hydrogen-bond donors (Lipinski definition) is 0. The van der Waals surface area contributed by atoms with E-state index >= 15 is 0 Å². The number of esters is 1. The fourth-order valence-corrected chi connectivity index (χ4v) is 2.77. The summed E-state index contributed by atoms with van der Waals surface area (Å²) in [4.78, 5) is 22.0. The first-order valence-corrected chi connectivity index (χ1v) is 9.00. The molecule has 4 nitrogen and oxygen atoms in total. The molecular weight excluding hydrogens is 304 g/mol. The second-order valence-electron chi connectivity index (χ2n) is 4.82. The number of aromatic nitrogens is 1. The number of carbonyl (C=O) groups is 1. The van der Waals surface area contributed by atoms with Crippen molar-refractivity contribution in [2.75, 3.05) is 12.9 Å². The molecule has 1 rings (SSSR count). The maximum absolute atomic E-state index is 12.0. The van der Waals surface area contributed by atoms with Crippen LogP contribution in [0.5, 0.6) is 0 Å². The molecular formula is C15H22N2O2S2.